The number of phenols is 1. The predicted octanol–water partition coefficient (Wildman–Crippen LogP) is 3.51. The van der Waals surface area contributed by atoms with E-state index in [1.54, 1.807) is 0 Å². The number of halogens is 3. The highest BCUT2D eigenvalue weighted by atomic mass is 19.4. The Hall–Kier alpha value is -1.39. The van der Waals surface area contributed by atoms with Gasteiger partial charge in [0.25, 0.3) is 0 Å². The van der Waals surface area contributed by atoms with Crippen LogP contribution in [0.2, 0.25) is 0 Å². The third-order valence-electron chi connectivity index (χ3n) is 2.88. The molecule has 1 aliphatic rings. The van der Waals surface area contributed by atoms with E-state index in [4.69, 9.17) is 4.74 Å². The van der Waals surface area contributed by atoms with Gasteiger partial charge in [0.05, 0.1) is 5.56 Å². The Kier molecular flexibility index (Phi) is 2.52. The van der Waals surface area contributed by atoms with E-state index < -0.39 is 17.3 Å². The highest BCUT2D eigenvalue weighted by Crippen LogP contribution is 2.42. The second kappa shape index (κ2) is 3.55. The molecule has 0 atom stereocenters. The molecule has 0 bridgehead atoms. The van der Waals surface area contributed by atoms with Crippen LogP contribution >= 0.6 is 0 Å². The van der Waals surface area contributed by atoms with Crippen molar-refractivity contribution in [1.82, 2.24) is 0 Å². The monoisotopic (exact) mass is 246 g/mol. The molecule has 5 heteroatoms. The lowest BCUT2D eigenvalue weighted by Gasteiger charge is -2.33. The third-order valence-corrected chi connectivity index (χ3v) is 2.88. The topological polar surface area (TPSA) is 29.5 Å². The van der Waals surface area contributed by atoms with Crippen LogP contribution in [0.4, 0.5) is 13.2 Å². The molecule has 1 heterocycles. The Morgan fingerprint density at radius 3 is 2.53 bits per heavy atom. The number of alkyl halides is 3. The Morgan fingerprint density at radius 2 is 1.94 bits per heavy atom. The number of aromatic hydroxyl groups is 1. The van der Waals surface area contributed by atoms with Crippen molar-refractivity contribution in [1.29, 1.82) is 0 Å². The SMILES string of the molecule is CC1(C)CCc2c(O)cc(C(F)(F)F)cc2O1. The van der Waals surface area contributed by atoms with Gasteiger partial charge in [-0.05, 0) is 38.8 Å². The van der Waals surface area contributed by atoms with E-state index in [2.05, 4.69) is 0 Å². The van der Waals surface area contributed by atoms with Crippen LogP contribution in [0.1, 0.15) is 31.4 Å². The van der Waals surface area contributed by atoms with Crippen LogP contribution in [0.5, 0.6) is 11.5 Å². The zero-order chi connectivity index (χ0) is 12.8. The van der Waals surface area contributed by atoms with E-state index in [1.165, 1.54) is 0 Å². The van der Waals surface area contributed by atoms with Gasteiger partial charge >= 0.3 is 6.18 Å². The van der Waals surface area contributed by atoms with Gasteiger partial charge in [-0.3, -0.25) is 0 Å². The third kappa shape index (κ3) is 2.33. The first kappa shape index (κ1) is 12.1. The number of fused-ring (bicyclic) bond motifs is 1. The molecule has 0 unspecified atom stereocenters. The maximum absolute atomic E-state index is 12.6. The summed E-state index contributed by atoms with van der Waals surface area (Å²) in [4.78, 5) is 0. The fourth-order valence-electron chi connectivity index (χ4n) is 1.91. The summed E-state index contributed by atoms with van der Waals surface area (Å²) >= 11 is 0. The number of hydrogen-bond acceptors (Lipinski definition) is 2. The predicted molar refractivity (Wildman–Crippen MR) is 56.1 cm³/mol. The summed E-state index contributed by atoms with van der Waals surface area (Å²) in [6, 6.07) is 1.70. The first-order chi connectivity index (χ1) is 7.69. The quantitative estimate of drug-likeness (QED) is 0.759. The molecule has 2 nitrogen and oxygen atoms in total. The van der Waals surface area contributed by atoms with Crippen molar-refractivity contribution < 1.29 is 23.0 Å². The molecule has 0 saturated carbocycles. The summed E-state index contributed by atoms with van der Waals surface area (Å²) in [5, 5.41) is 9.59. The van der Waals surface area contributed by atoms with Crippen LogP contribution in [-0.2, 0) is 12.6 Å². The van der Waals surface area contributed by atoms with Crippen LogP contribution in [0.25, 0.3) is 0 Å². The van der Waals surface area contributed by atoms with Gasteiger partial charge in [-0.25, -0.2) is 0 Å². The molecule has 0 saturated heterocycles. The first-order valence-corrected chi connectivity index (χ1v) is 5.31. The van der Waals surface area contributed by atoms with Gasteiger partial charge in [-0.2, -0.15) is 13.2 Å². The molecule has 1 aromatic carbocycles. The van der Waals surface area contributed by atoms with E-state index in [0.717, 1.165) is 12.1 Å². The Morgan fingerprint density at radius 1 is 1.29 bits per heavy atom. The van der Waals surface area contributed by atoms with Crippen molar-refractivity contribution in [3.05, 3.63) is 23.3 Å². The number of benzene rings is 1. The molecule has 0 aromatic heterocycles. The average Bonchev–Trinajstić information content (AvgIpc) is 2.13. The second-order valence-electron chi connectivity index (χ2n) is 4.83. The van der Waals surface area contributed by atoms with E-state index in [0.29, 0.717) is 18.4 Å². The van der Waals surface area contributed by atoms with E-state index >= 15 is 0 Å². The fraction of sp³-hybridized carbons (Fsp3) is 0.500. The van der Waals surface area contributed by atoms with E-state index in [9.17, 15) is 18.3 Å². The average molecular weight is 246 g/mol. The molecule has 1 N–H and O–H groups in total. The summed E-state index contributed by atoms with van der Waals surface area (Å²) in [6.45, 7) is 3.63. The lowest BCUT2D eigenvalue weighted by Crippen LogP contribution is -2.32. The number of phenolic OH excluding ortho intramolecular Hbond substituents is 1. The summed E-state index contributed by atoms with van der Waals surface area (Å²) in [7, 11) is 0. The van der Waals surface area contributed by atoms with Crippen LogP contribution in [0.3, 0.4) is 0 Å². The van der Waals surface area contributed by atoms with Gasteiger partial charge in [-0.15, -0.1) is 0 Å². The van der Waals surface area contributed by atoms with Crippen LogP contribution < -0.4 is 4.74 Å². The number of hydrogen-bond donors (Lipinski definition) is 1. The molecule has 94 valence electrons. The minimum Gasteiger partial charge on any atom is -0.508 e. The first-order valence-electron chi connectivity index (χ1n) is 5.31. The zero-order valence-electron chi connectivity index (χ0n) is 9.56. The van der Waals surface area contributed by atoms with Crippen molar-refractivity contribution in [2.45, 2.75) is 38.5 Å². The van der Waals surface area contributed by atoms with Crippen molar-refractivity contribution in [3.63, 3.8) is 0 Å². The number of rotatable bonds is 0. The smallest absolute Gasteiger partial charge is 0.416 e. The molecule has 1 aromatic rings. The number of ether oxygens (including phenoxy) is 1. The Bertz CT molecular complexity index is 450. The summed E-state index contributed by atoms with van der Waals surface area (Å²) in [5.41, 5.74) is -0.923. The second-order valence-corrected chi connectivity index (χ2v) is 4.83. The van der Waals surface area contributed by atoms with Gasteiger partial charge < -0.3 is 9.84 Å². The van der Waals surface area contributed by atoms with Crippen LogP contribution in [0, 0.1) is 0 Å². The molecule has 2 rings (SSSR count). The van der Waals surface area contributed by atoms with Gasteiger partial charge in [0.15, 0.2) is 0 Å². The van der Waals surface area contributed by atoms with Crippen molar-refractivity contribution in [3.8, 4) is 11.5 Å². The lowest BCUT2D eigenvalue weighted by molar-refractivity contribution is -0.138. The maximum atomic E-state index is 12.6. The molecule has 17 heavy (non-hydrogen) atoms. The van der Waals surface area contributed by atoms with Crippen LogP contribution in [0.15, 0.2) is 12.1 Å². The van der Waals surface area contributed by atoms with Gasteiger partial charge in [0.2, 0.25) is 0 Å². The molecule has 0 spiro atoms. The largest absolute Gasteiger partial charge is 0.508 e. The van der Waals surface area contributed by atoms with Gasteiger partial charge in [0.1, 0.15) is 17.1 Å². The standard InChI is InChI=1S/C12H13F3O2/c1-11(2)4-3-8-9(16)5-7(12(13,14)15)6-10(8)17-11/h5-6,16H,3-4H2,1-2H3. The van der Waals surface area contributed by atoms with E-state index in [-0.39, 0.29) is 11.5 Å². The van der Waals surface area contributed by atoms with Gasteiger partial charge in [0, 0.05) is 5.56 Å². The highest BCUT2D eigenvalue weighted by Gasteiger charge is 2.35. The van der Waals surface area contributed by atoms with Crippen molar-refractivity contribution >= 4 is 0 Å². The Balaban J connectivity index is 2.49. The fourth-order valence-corrected chi connectivity index (χ4v) is 1.91. The molecular formula is C12H13F3O2. The summed E-state index contributed by atoms with van der Waals surface area (Å²) in [5.74, 6) is -0.209. The molecule has 0 aliphatic carbocycles. The minimum absolute atomic E-state index is 0.133. The highest BCUT2D eigenvalue weighted by molar-refractivity contribution is 5.49. The van der Waals surface area contributed by atoms with Crippen molar-refractivity contribution in [2.75, 3.05) is 0 Å². The lowest BCUT2D eigenvalue weighted by atomic mass is 9.93. The minimum atomic E-state index is -4.47. The summed E-state index contributed by atoms with van der Waals surface area (Å²) in [6.07, 6.45) is -3.29. The molecular weight excluding hydrogens is 233 g/mol. The molecule has 0 fully saturated rings. The normalized spacial score (nSPS) is 18.4. The molecule has 0 radical (unpaired) electrons. The molecule has 0 amide bonds. The van der Waals surface area contributed by atoms with Crippen molar-refractivity contribution in [2.24, 2.45) is 0 Å². The van der Waals surface area contributed by atoms with Crippen LogP contribution in [-0.4, -0.2) is 10.7 Å². The summed E-state index contributed by atoms with van der Waals surface area (Å²) < 4.78 is 43.2. The zero-order valence-corrected chi connectivity index (χ0v) is 9.56. The maximum Gasteiger partial charge on any atom is 0.416 e. The van der Waals surface area contributed by atoms with Gasteiger partial charge in [-0.1, -0.05) is 0 Å². The van der Waals surface area contributed by atoms with E-state index in [1.807, 2.05) is 13.8 Å². The Labute approximate surface area is 97.0 Å². The molecule has 1 aliphatic heterocycles.